The third-order valence-corrected chi connectivity index (χ3v) is 3.63. The predicted molar refractivity (Wildman–Crippen MR) is 76.6 cm³/mol. The molecule has 0 saturated carbocycles. The van der Waals surface area contributed by atoms with Crippen molar-refractivity contribution in [3.8, 4) is 0 Å². The SMILES string of the molecule is CCC(C)N(CC)Cc1nc(N)c2cnn(C)c2n1. The van der Waals surface area contributed by atoms with E-state index in [0.29, 0.717) is 11.9 Å². The molecule has 0 spiro atoms. The molecule has 6 nitrogen and oxygen atoms in total. The normalized spacial score (nSPS) is 13.3. The van der Waals surface area contributed by atoms with Crippen LogP contribution in [0.25, 0.3) is 11.0 Å². The minimum atomic E-state index is 0.508. The number of anilines is 1. The van der Waals surface area contributed by atoms with Gasteiger partial charge in [0.25, 0.3) is 0 Å². The number of aromatic nitrogens is 4. The lowest BCUT2D eigenvalue weighted by atomic mass is 10.2. The van der Waals surface area contributed by atoms with Gasteiger partial charge in [0.05, 0.1) is 18.1 Å². The van der Waals surface area contributed by atoms with Gasteiger partial charge in [0.1, 0.15) is 11.6 Å². The molecule has 0 aliphatic rings. The first kappa shape index (κ1) is 13.7. The van der Waals surface area contributed by atoms with E-state index < -0.39 is 0 Å². The summed E-state index contributed by atoms with van der Waals surface area (Å²) < 4.78 is 1.73. The summed E-state index contributed by atoms with van der Waals surface area (Å²) in [6.07, 6.45) is 2.82. The van der Waals surface area contributed by atoms with E-state index in [2.05, 4.69) is 40.7 Å². The molecular weight excluding hydrogens is 240 g/mol. The van der Waals surface area contributed by atoms with Crippen LogP contribution < -0.4 is 5.73 Å². The highest BCUT2D eigenvalue weighted by molar-refractivity contribution is 5.84. The van der Waals surface area contributed by atoms with Crippen molar-refractivity contribution in [2.24, 2.45) is 7.05 Å². The molecular formula is C13H22N6. The van der Waals surface area contributed by atoms with Crippen LogP contribution in [0.15, 0.2) is 6.20 Å². The minimum Gasteiger partial charge on any atom is -0.383 e. The van der Waals surface area contributed by atoms with Gasteiger partial charge in [-0.1, -0.05) is 13.8 Å². The number of fused-ring (bicyclic) bond motifs is 1. The third kappa shape index (κ3) is 2.68. The quantitative estimate of drug-likeness (QED) is 0.885. The standard InChI is InChI=1S/C13H22N6/c1-5-9(3)19(6-2)8-11-16-12(14)10-7-15-18(4)13(10)17-11/h7,9H,5-6,8H2,1-4H3,(H2,14,16,17). The Kier molecular flexibility index (Phi) is 3.99. The Morgan fingerprint density at radius 1 is 1.37 bits per heavy atom. The highest BCUT2D eigenvalue weighted by atomic mass is 15.3. The maximum Gasteiger partial charge on any atom is 0.163 e. The Morgan fingerprint density at radius 3 is 2.74 bits per heavy atom. The van der Waals surface area contributed by atoms with E-state index in [4.69, 9.17) is 5.73 Å². The topological polar surface area (TPSA) is 72.9 Å². The first-order chi connectivity index (χ1) is 9.06. The lowest BCUT2D eigenvalue weighted by molar-refractivity contribution is 0.201. The maximum atomic E-state index is 5.97. The lowest BCUT2D eigenvalue weighted by Gasteiger charge is -2.26. The van der Waals surface area contributed by atoms with Crippen LogP contribution in [0.2, 0.25) is 0 Å². The smallest absolute Gasteiger partial charge is 0.163 e. The van der Waals surface area contributed by atoms with Gasteiger partial charge in [-0.05, 0) is 19.9 Å². The molecule has 1 atom stereocenters. The highest BCUT2D eigenvalue weighted by Gasteiger charge is 2.14. The van der Waals surface area contributed by atoms with Gasteiger partial charge in [-0.3, -0.25) is 9.58 Å². The molecule has 0 radical (unpaired) electrons. The van der Waals surface area contributed by atoms with Crippen molar-refractivity contribution in [2.75, 3.05) is 12.3 Å². The molecule has 0 bridgehead atoms. The molecule has 104 valence electrons. The van der Waals surface area contributed by atoms with Crippen molar-refractivity contribution in [2.45, 2.75) is 39.8 Å². The zero-order chi connectivity index (χ0) is 14.0. The third-order valence-electron chi connectivity index (χ3n) is 3.63. The summed E-state index contributed by atoms with van der Waals surface area (Å²) >= 11 is 0. The molecule has 0 saturated heterocycles. The molecule has 2 aromatic heterocycles. The maximum absolute atomic E-state index is 5.97. The van der Waals surface area contributed by atoms with Crippen LogP contribution in [0.4, 0.5) is 5.82 Å². The zero-order valence-corrected chi connectivity index (χ0v) is 12.1. The fourth-order valence-electron chi connectivity index (χ4n) is 2.18. The average molecular weight is 262 g/mol. The van der Waals surface area contributed by atoms with Gasteiger partial charge in [-0.25, -0.2) is 9.97 Å². The lowest BCUT2D eigenvalue weighted by Crippen LogP contribution is -2.32. The average Bonchev–Trinajstić information content (AvgIpc) is 2.77. The van der Waals surface area contributed by atoms with Crippen molar-refractivity contribution in [3.05, 3.63) is 12.0 Å². The first-order valence-electron chi connectivity index (χ1n) is 6.74. The van der Waals surface area contributed by atoms with Crippen LogP contribution in [0.3, 0.4) is 0 Å². The van der Waals surface area contributed by atoms with Crippen LogP contribution in [0.5, 0.6) is 0 Å². The van der Waals surface area contributed by atoms with Crippen molar-refractivity contribution in [1.29, 1.82) is 0 Å². The van der Waals surface area contributed by atoms with Crippen molar-refractivity contribution >= 4 is 16.9 Å². The van der Waals surface area contributed by atoms with Crippen LogP contribution >= 0.6 is 0 Å². The summed E-state index contributed by atoms with van der Waals surface area (Å²) in [6.45, 7) is 8.25. The van der Waals surface area contributed by atoms with Gasteiger partial charge in [-0.2, -0.15) is 5.10 Å². The number of hydrogen-bond acceptors (Lipinski definition) is 5. The van der Waals surface area contributed by atoms with E-state index in [1.165, 1.54) is 0 Å². The van der Waals surface area contributed by atoms with Gasteiger partial charge in [0.15, 0.2) is 5.65 Å². The van der Waals surface area contributed by atoms with E-state index >= 15 is 0 Å². The number of hydrogen-bond donors (Lipinski definition) is 1. The van der Waals surface area contributed by atoms with Gasteiger partial charge in [0.2, 0.25) is 0 Å². The van der Waals surface area contributed by atoms with Gasteiger partial charge < -0.3 is 5.73 Å². The summed E-state index contributed by atoms with van der Waals surface area (Å²) in [7, 11) is 1.87. The molecule has 0 aromatic carbocycles. The van der Waals surface area contributed by atoms with E-state index in [0.717, 1.165) is 36.4 Å². The highest BCUT2D eigenvalue weighted by Crippen LogP contribution is 2.17. The van der Waals surface area contributed by atoms with Crippen LogP contribution in [-0.2, 0) is 13.6 Å². The summed E-state index contributed by atoms with van der Waals surface area (Å²) in [4.78, 5) is 11.3. The van der Waals surface area contributed by atoms with Gasteiger partial charge in [0, 0.05) is 13.1 Å². The molecule has 2 rings (SSSR count). The molecule has 2 N–H and O–H groups in total. The van der Waals surface area contributed by atoms with Crippen molar-refractivity contribution in [1.82, 2.24) is 24.6 Å². The number of nitrogens with zero attached hydrogens (tertiary/aromatic N) is 5. The summed E-state index contributed by atoms with van der Waals surface area (Å²) in [5, 5.41) is 4.99. The van der Waals surface area contributed by atoms with E-state index in [9.17, 15) is 0 Å². The molecule has 2 aromatic rings. The molecule has 6 heteroatoms. The van der Waals surface area contributed by atoms with Crippen molar-refractivity contribution in [3.63, 3.8) is 0 Å². The number of nitrogen functional groups attached to an aromatic ring is 1. The van der Waals surface area contributed by atoms with E-state index in [1.807, 2.05) is 7.05 Å². The molecule has 0 aliphatic heterocycles. The number of aryl methyl sites for hydroxylation is 1. The van der Waals surface area contributed by atoms with Crippen LogP contribution in [0, 0.1) is 0 Å². The second kappa shape index (κ2) is 5.52. The van der Waals surface area contributed by atoms with Crippen LogP contribution in [0.1, 0.15) is 33.0 Å². The second-order valence-electron chi connectivity index (χ2n) is 4.85. The van der Waals surface area contributed by atoms with Gasteiger partial charge >= 0.3 is 0 Å². The molecule has 0 aliphatic carbocycles. The Labute approximate surface area is 113 Å². The fraction of sp³-hybridized carbons (Fsp3) is 0.615. The number of nitrogens with two attached hydrogens (primary N) is 1. The monoisotopic (exact) mass is 262 g/mol. The van der Waals surface area contributed by atoms with E-state index in [1.54, 1.807) is 10.9 Å². The van der Waals surface area contributed by atoms with E-state index in [-0.39, 0.29) is 0 Å². The molecule has 19 heavy (non-hydrogen) atoms. The minimum absolute atomic E-state index is 0.508. The van der Waals surface area contributed by atoms with Crippen molar-refractivity contribution < 1.29 is 0 Å². The molecule has 0 amide bonds. The van der Waals surface area contributed by atoms with Gasteiger partial charge in [-0.15, -0.1) is 0 Å². The fourth-order valence-corrected chi connectivity index (χ4v) is 2.18. The molecule has 1 unspecified atom stereocenters. The first-order valence-corrected chi connectivity index (χ1v) is 6.74. The largest absolute Gasteiger partial charge is 0.383 e. The summed E-state index contributed by atoms with van der Waals surface area (Å²) in [6, 6.07) is 0.511. The number of rotatable bonds is 5. The predicted octanol–water partition coefficient (Wildman–Crippen LogP) is 1.57. The molecule has 0 fully saturated rings. The molecule has 2 heterocycles. The zero-order valence-electron chi connectivity index (χ0n) is 12.1. The second-order valence-corrected chi connectivity index (χ2v) is 4.85. The Bertz CT molecular complexity index is 562. The Morgan fingerprint density at radius 2 is 2.11 bits per heavy atom. The Hall–Kier alpha value is -1.69. The van der Waals surface area contributed by atoms with Crippen LogP contribution in [-0.4, -0.2) is 37.2 Å². The Balaban J connectivity index is 2.32. The summed E-state index contributed by atoms with van der Waals surface area (Å²) in [5.74, 6) is 1.27. The summed E-state index contributed by atoms with van der Waals surface area (Å²) in [5.41, 5.74) is 6.77.